The van der Waals surface area contributed by atoms with Crippen molar-refractivity contribution in [3.63, 3.8) is 0 Å². The van der Waals surface area contributed by atoms with Gasteiger partial charge in [0.2, 0.25) is 10.0 Å². The van der Waals surface area contributed by atoms with Crippen molar-refractivity contribution in [3.8, 4) is 5.82 Å². The van der Waals surface area contributed by atoms with Gasteiger partial charge in [0.05, 0.1) is 0 Å². The Balaban J connectivity index is 1.87. The zero-order valence-electron chi connectivity index (χ0n) is 14.0. The highest BCUT2D eigenvalue weighted by molar-refractivity contribution is 7.89. The maximum Gasteiger partial charge on any atom is 0.330 e. The Morgan fingerprint density at radius 2 is 1.96 bits per heavy atom. The number of rotatable bonds is 5. The van der Waals surface area contributed by atoms with Gasteiger partial charge in [-0.25, -0.2) is 27.6 Å². The van der Waals surface area contributed by atoms with Gasteiger partial charge in [0, 0.05) is 45.4 Å². The molecule has 0 aliphatic rings. The van der Waals surface area contributed by atoms with Crippen LogP contribution in [-0.2, 0) is 30.7 Å². The number of hydrogen-bond donors (Lipinski definition) is 1. The normalized spacial score (nSPS) is 11.6. The van der Waals surface area contributed by atoms with Crippen LogP contribution in [0.3, 0.4) is 0 Å². The molecule has 0 atom stereocenters. The first-order valence-corrected chi connectivity index (χ1v) is 8.99. The lowest BCUT2D eigenvalue weighted by Crippen LogP contribution is -2.41. The second-order valence-corrected chi connectivity index (χ2v) is 7.28. The molecule has 10 nitrogen and oxygen atoms in total. The molecule has 11 heteroatoms. The Bertz CT molecular complexity index is 1160. The molecule has 3 aromatic heterocycles. The van der Waals surface area contributed by atoms with E-state index < -0.39 is 26.2 Å². The molecule has 3 aromatic rings. The minimum absolute atomic E-state index is 0.0505. The molecule has 0 unspecified atom stereocenters. The number of aromatic nitrogens is 5. The largest absolute Gasteiger partial charge is 0.330 e. The van der Waals surface area contributed by atoms with Crippen molar-refractivity contribution in [3.05, 3.63) is 69.4 Å². The number of sulfonamides is 1. The molecule has 3 heterocycles. The van der Waals surface area contributed by atoms with Crippen LogP contribution in [0.4, 0.5) is 0 Å². The molecule has 0 amide bonds. The van der Waals surface area contributed by atoms with Crippen molar-refractivity contribution >= 4 is 10.0 Å². The lowest BCUT2D eigenvalue weighted by Gasteiger charge is -2.10. The van der Waals surface area contributed by atoms with Crippen LogP contribution in [-0.4, -0.2) is 32.3 Å². The van der Waals surface area contributed by atoms with Gasteiger partial charge in [0.1, 0.15) is 0 Å². The minimum Gasteiger partial charge on any atom is -0.302 e. The van der Waals surface area contributed by atoms with E-state index in [-0.39, 0.29) is 6.54 Å². The Morgan fingerprint density at radius 3 is 2.65 bits per heavy atom. The van der Waals surface area contributed by atoms with E-state index in [9.17, 15) is 18.0 Å². The van der Waals surface area contributed by atoms with Crippen LogP contribution in [0.1, 0.15) is 5.56 Å². The van der Waals surface area contributed by atoms with E-state index in [2.05, 4.69) is 14.8 Å². The highest BCUT2D eigenvalue weighted by atomic mass is 32.2. The number of pyridine rings is 1. The van der Waals surface area contributed by atoms with Gasteiger partial charge in [-0.1, -0.05) is 0 Å². The predicted molar refractivity (Wildman–Crippen MR) is 92.3 cm³/mol. The van der Waals surface area contributed by atoms with Gasteiger partial charge in [-0.15, -0.1) is 0 Å². The van der Waals surface area contributed by atoms with Gasteiger partial charge in [0.15, 0.2) is 10.7 Å². The van der Waals surface area contributed by atoms with Crippen LogP contribution in [0.25, 0.3) is 5.82 Å². The van der Waals surface area contributed by atoms with Crippen molar-refractivity contribution in [2.75, 3.05) is 0 Å². The van der Waals surface area contributed by atoms with Gasteiger partial charge in [-0.05, 0) is 23.8 Å². The van der Waals surface area contributed by atoms with E-state index in [1.807, 2.05) is 0 Å². The van der Waals surface area contributed by atoms with Crippen LogP contribution < -0.4 is 16.0 Å². The van der Waals surface area contributed by atoms with Gasteiger partial charge < -0.3 is 4.57 Å². The van der Waals surface area contributed by atoms with E-state index in [1.165, 1.54) is 20.3 Å². The Morgan fingerprint density at radius 1 is 1.19 bits per heavy atom. The molecule has 0 radical (unpaired) electrons. The van der Waals surface area contributed by atoms with Crippen LogP contribution in [0, 0.1) is 0 Å². The summed E-state index contributed by atoms with van der Waals surface area (Å²) >= 11 is 0. The predicted octanol–water partition coefficient (Wildman–Crippen LogP) is -0.857. The second-order valence-electron chi connectivity index (χ2n) is 5.55. The zero-order valence-corrected chi connectivity index (χ0v) is 14.8. The van der Waals surface area contributed by atoms with E-state index in [0.717, 1.165) is 15.3 Å². The topological polar surface area (TPSA) is 121 Å². The number of nitrogens with zero attached hydrogens (tertiary/aromatic N) is 5. The number of hydrogen-bond acceptors (Lipinski definition) is 6. The average molecular weight is 376 g/mol. The zero-order chi connectivity index (χ0) is 18.9. The van der Waals surface area contributed by atoms with Crippen molar-refractivity contribution in [2.24, 2.45) is 14.1 Å². The average Bonchev–Trinajstić information content (AvgIpc) is 3.16. The molecule has 0 aliphatic carbocycles. The van der Waals surface area contributed by atoms with E-state index in [1.54, 1.807) is 35.3 Å². The molecular weight excluding hydrogens is 360 g/mol. The molecule has 0 spiro atoms. The van der Waals surface area contributed by atoms with Crippen LogP contribution in [0.5, 0.6) is 0 Å². The molecule has 0 saturated carbocycles. The fourth-order valence-electron chi connectivity index (χ4n) is 2.32. The number of aryl methyl sites for hydroxylation is 1. The molecule has 0 saturated heterocycles. The molecular formula is C15H16N6O4S. The van der Waals surface area contributed by atoms with Crippen LogP contribution in [0.15, 0.2) is 57.5 Å². The summed E-state index contributed by atoms with van der Waals surface area (Å²) in [6.45, 7) is -0.0505. The monoisotopic (exact) mass is 376 g/mol. The van der Waals surface area contributed by atoms with E-state index in [0.29, 0.717) is 11.4 Å². The molecule has 0 bridgehead atoms. The standard InChI is InChI=1S/C15H16N6O4S/c1-19-10-12(14(22)20(2)15(19)23)26(24,25)18-9-11-4-6-16-13(8-11)21-7-3-5-17-21/h3-8,10,18H,9H2,1-2H3. The molecule has 0 fully saturated rings. The minimum atomic E-state index is -4.10. The summed E-state index contributed by atoms with van der Waals surface area (Å²) in [5, 5.41) is 4.06. The summed E-state index contributed by atoms with van der Waals surface area (Å²) in [6.07, 6.45) is 5.86. The first-order valence-electron chi connectivity index (χ1n) is 7.51. The quantitative estimate of drug-likeness (QED) is 0.619. The highest BCUT2D eigenvalue weighted by Gasteiger charge is 2.21. The maximum atomic E-state index is 12.5. The summed E-state index contributed by atoms with van der Waals surface area (Å²) in [5.41, 5.74) is -0.852. The SMILES string of the molecule is Cn1cc(S(=O)(=O)NCc2ccnc(-n3cccn3)c2)c(=O)n(C)c1=O. The fourth-order valence-corrected chi connectivity index (χ4v) is 3.49. The lowest BCUT2D eigenvalue weighted by atomic mass is 10.2. The fraction of sp³-hybridized carbons (Fsp3) is 0.200. The smallest absolute Gasteiger partial charge is 0.302 e. The first kappa shape index (κ1) is 17.8. The third kappa shape index (κ3) is 3.34. The summed E-state index contributed by atoms with van der Waals surface area (Å²) in [4.78, 5) is 27.5. The van der Waals surface area contributed by atoms with Crippen molar-refractivity contribution in [1.29, 1.82) is 0 Å². The van der Waals surface area contributed by atoms with Crippen LogP contribution >= 0.6 is 0 Å². The molecule has 3 rings (SSSR count). The number of nitrogens with one attached hydrogen (secondary N) is 1. The summed E-state index contributed by atoms with van der Waals surface area (Å²) in [6, 6.07) is 5.06. The Kier molecular flexibility index (Phi) is 4.57. The molecule has 136 valence electrons. The van der Waals surface area contributed by atoms with E-state index >= 15 is 0 Å². The molecule has 0 aliphatic heterocycles. The highest BCUT2D eigenvalue weighted by Crippen LogP contribution is 2.08. The van der Waals surface area contributed by atoms with Crippen molar-refractivity contribution in [1.82, 2.24) is 28.6 Å². The Labute approximate surface area is 148 Å². The van der Waals surface area contributed by atoms with E-state index in [4.69, 9.17) is 0 Å². The van der Waals surface area contributed by atoms with Crippen molar-refractivity contribution in [2.45, 2.75) is 11.4 Å². The summed E-state index contributed by atoms with van der Waals surface area (Å²) in [5.74, 6) is 0.532. The first-order chi connectivity index (χ1) is 12.3. The third-order valence-electron chi connectivity index (χ3n) is 3.72. The second kappa shape index (κ2) is 6.69. The molecule has 0 aromatic carbocycles. The lowest BCUT2D eigenvalue weighted by molar-refractivity contribution is 0.570. The third-order valence-corrected chi connectivity index (χ3v) is 5.10. The van der Waals surface area contributed by atoms with Gasteiger partial charge >= 0.3 is 5.69 Å². The van der Waals surface area contributed by atoms with Crippen LogP contribution in [0.2, 0.25) is 0 Å². The summed E-state index contributed by atoms with van der Waals surface area (Å²) < 4.78 is 30.7. The van der Waals surface area contributed by atoms with Crippen molar-refractivity contribution < 1.29 is 8.42 Å². The molecule has 1 N–H and O–H groups in total. The van der Waals surface area contributed by atoms with Gasteiger partial charge in [-0.3, -0.25) is 9.36 Å². The Hall–Kier alpha value is -3.05. The van der Waals surface area contributed by atoms with Gasteiger partial charge in [0.25, 0.3) is 5.56 Å². The maximum absolute atomic E-state index is 12.5. The summed E-state index contributed by atoms with van der Waals surface area (Å²) in [7, 11) is -1.50. The van der Waals surface area contributed by atoms with Gasteiger partial charge in [-0.2, -0.15) is 5.10 Å². The molecule has 26 heavy (non-hydrogen) atoms.